The van der Waals surface area contributed by atoms with Gasteiger partial charge in [-0.25, -0.2) is 14.2 Å². The van der Waals surface area contributed by atoms with E-state index in [0.29, 0.717) is 23.4 Å². The fourth-order valence-corrected chi connectivity index (χ4v) is 3.50. The van der Waals surface area contributed by atoms with Crippen LogP contribution < -0.4 is 14.2 Å². The average Bonchev–Trinajstić information content (AvgIpc) is 3.07. The number of carbonyl (C=O) groups is 2. The van der Waals surface area contributed by atoms with Crippen molar-refractivity contribution in [3.05, 3.63) is 90.5 Å². The maximum Gasteiger partial charge on any atom is 0.520 e. The van der Waals surface area contributed by atoms with Crippen LogP contribution in [0.25, 0.3) is 10.9 Å². The normalized spacial score (nSPS) is 10.8. The Morgan fingerprint density at radius 3 is 1.94 bits per heavy atom. The highest BCUT2D eigenvalue weighted by molar-refractivity contribution is 5.96. The molecule has 0 radical (unpaired) electrons. The fraction of sp³-hybridized carbons (Fsp3) is 0.154. The first-order chi connectivity index (χ1) is 15.5. The first-order valence-electron chi connectivity index (χ1n) is 10.4. The van der Waals surface area contributed by atoms with E-state index in [4.69, 9.17) is 14.2 Å². The van der Waals surface area contributed by atoms with Crippen LogP contribution in [0.1, 0.15) is 19.4 Å². The van der Waals surface area contributed by atoms with E-state index in [2.05, 4.69) is 13.8 Å². The van der Waals surface area contributed by atoms with Crippen LogP contribution in [0.15, 0.2) is 84.9 Å². The number of carbonyl (C=O) groups excluding carboxylic acids is 2. The van der Waals surface area contributed by atoms with Crippen molar-refractivity contribution in [3.63, 3.8) is 0 Å². The lowest BCUT2D eigenvalue weighted by Gasteiger charge is -2.12. The zero-order valence-electron chi connectivity index (χ0n) is 17.9. The number of rotatable bonds is 5. The molecule has 0 aliphatic heterocycles. The van der Waals surface area contributed by atoms with Crippen LogP contribution in [0.2, 0.25) is 0 Å². The summed E-state index contributed by atoms with van der Waals surface area (Å²) in [5.41, 5.74) is 1.33. The third kappa shape index (κ3) is 4.64. The number of hydrogen-bond donors (Lipinski definition) is 0. The summed E-state index contributed by atoms with van der Waals surface area (Å²) in [4.78, 5) is 25.8. The Labute approximate surface area is 185 Å². The van der Waals surface area contributed by atoms with Crippen LogP contribution in [0, 0.1) is 5.92 Å². The highest BCUT2D eigenvalue weighted by atomic mass is 16.7. The Morgan fingerprint density at radius 2 is 1.31 bits per heavy atom. The molecule has 0 bridgehead atoms. The lowest BCUT2D eigenvalue weighted by molar-refractivity contribution is 0.147. The fourth-order valence-electron chi connectivity index (χ4n) is 3.50. The molecule has 4 aromatic rings. The molecule has 3 aromatic carbocycles. The second-order valence-electron chi connectivity index (χ2n) is 7.68. The van der Waals surface area contributed by atoms with E-state index in [1.807, 2.05) is 30.3 Å². The molecule has 0 amide bonds. The van der Waals surface area contributed by atoms with E-state index in [1.165, 1.54) is 4.57 Å². The van der Waals surface area contributed by atoms with E-state index < -0.39 is 12.2 Å². The molecule has 0 unspecified atom stereocenters. The molecule has 0 spiro atoms. The summed E-state index contributed by atoms with van der Waals surface area (Å²) in [6.45, 7) is 4.11. The quantitative estimate of drug-likeness (QED) is 0.269. The van der Waals surface area contributed by atoms with Gasteiger partial charge in [-0.2, -0.15) is 0 Å². The van der Waals surface area contributed by atoms with Gasteiger partial charge in [0.2, 0.25) is 5.88 Å². The van der Waals surface area contributed by atoms with Crippen molar-refractivity contribution in [2.45, 2.75) is 20.3 Å². The molecule has 32 heavy (non-hydrogen) atoms. The second kappa shape index (κ2) is 9.39. The number of para-hydroxylation sites is 3. The Kier molecular flexibility index (Phi) is 6.22. The van der Waals surface area contributed by atoms with Crippen molar-refractivity contribution in [2.24, 2.45) is 5.92 Å². The molecule has 0 aliphatic carbocycles. The number of hydrogen-bond acceptors (Lipinski definition) is 5. The van der Waals surface area contributed by atoms with Crippen molar-refractivity contribution in [3.8, 4) is 17.4 Å². The number of ether oxygens (including phenoxy) is 3. The van der Waals surface area contributed by atoms with Crippen molar-refractivity contribution in [1.29, 1.82) is 0 Å². The van der Waals surface area contributed by atoms with Crippen LogP contribution in [-0.2, 0) is 6.42 Å². The van der Waals surface area contributed by atoms with Gasteiger partial charge in [0.05, 0.1) is 5.52 Å². The van der Waals surface area contributed by atoms with Gasteiger partial charge >= 0.3 is 12.2 Å². The minimum absolute atomic E-state index is 0.0989. The Balaban J connectivity index is 1.76. The highest BCUT2D eigenvalue weighted by Gasteiger charge is 2.27. The molecular formula is C26H23NO5. The van der Waals surface area contributed by atoms with E-state index in [-0.39, 0.29) is 11.8 Å². The molecule has 0 atom stereocenters. The van der Waals surface area contributed by atoms with Crippen molar-refractivity contribution in [1.82, 2.24) is 4.57 Å². The van der Waals surface area contributed by atoms with Crippen molar-refractivity contribution >= 4 is 23.2 Å². The number of aromatic nitrogens is 1. The molecule has 1 aromatic heterocycles. The van der Waals surface area contributed by atoms with Gasteiger partial charge in [-0.1, -0.05) is 68.4 Å². The lowest BCUT2D eigenvalue weighted by Crippen LogP contribution is -2.22. The van der Waals surface area contributed by atoms with E-state index in [9.17, 15) is 9.59 Å². The zero-order valence-corrected chi connectivity index (χ0v) is 17.9. The zero-order chi connectivity index (χ0) is 22.5. The number of fused-ring (bicyclic) bond motifs is 1. The molecule has 6 heteroatoms. The molecule has 0 saturated heterocycles. The van der Waals surface area contributed by atoms with Crippen molar-refractivity contribution < 1.29 is 23.8 Å². The standard InChI is InChI=1S/C26H23NO5/c1-18(2)17-22-21-15-9-10-16-23(21)27(25(28)30-19-11-5-3-6-12-19)24(22)32-26(29)31-20-13-7-4-8-14-20/h3-16,18H,17H2,1-2H3. The van der Waals surface area contributed by atoms with Crippen LogP contribution in [0.3, 0.4) is 0 Å². The molecular weight excluding hydrogens is 406 g/mol. The minimum atomic E-state index is -0.933. The van der Waals surface area contributed by atoms with Gasteiger partial charge in [0.15, 0.2) is 0 Å². The smallest absolute Gasteiger partial charge is 0.410 e. The summed E-state index contributed by atoms with van der Waals surface area (Å²) in [5.74, 6) is 1.09. The van der Waals surface area contributed by atoms with Gasteiger partial charge in [0.25, 0.3) is 0 Å². The molecule has 162 valence electrons. The summed E-state index contributed by atoms with van der Waals surface area (Å²) in [6, 6.07) is 24.7. The summed E-state index contributed by atoms with van der Waals surface area (Å²) < 4.78 is 17.8. The van der Waals surface area contributed by atoms with E-state index in [1.54, 1.807) is 54.6 Å². The average molecular weight is 429 g/mol. The number of benzene rings is 3. The first kappa shape index (κ1) is 21.2. The third-order valence-electron chi connectivity index (χ3n) is 4.80. The largest absolute Gasteiger partial charge is 0.520 e. The first-order valence-corrected chi connectivity index (χ1v) is 10.4. The second-order valence-corrected chi connectivity index (χ2v) is 7.68. The molecule has 6 nitrogen and oxygen atoms in total. The summed E-state index contributed by atoms with van der Waals surface area (Å²) in [6.07, 6.45) is -1.01. The van der Waals surface area contributed by atoms with Crippen LogP contribution in [0.4, 0.5) is 9.59 Å². The lowest BCUT2D eigenvalue weighted by atomic mass is 10.0. The molecule has 0 saturated carbocycles. The monoisotopic (exact) mass is 429 g/mol. The van der Waals surface area contributed by atoms with E-state index in [0.717, 1.165) is 10.9 Å². The topological polar surface area (TPSA) is 66.8 Å². The van der Waals surface area contributed by atoms with Crippen LogP contribution in [0.5, 0.6) is 17.4 Å². The summed E-state index contributed by atoms with van der Waals surface area (Å²) in [7, 11) is 0. The summed E-state index contributed by atoms with van der Waals surface area (Å²) >= 11 is 0. The summed E-state index contributed by atoms with van der Waals surface area (Å²) in [5, 5.41) is 0.814. The molecule has 0 fully saturated rings. The van der Waals surface area contributed by atoms with Gasteiger partial charge < -0.3 is 14.2 Å². The van der Waals surface area contributed by atoms with Crippen LogP contribution >= 0.6 is 0 Å². The predicted octanol–water partition coefficient (Wildman–Crippen LogP) is 6.46. The molecule has 1 heterocycles. The van der Waals surface area contributed by atoms with Gasteiger partial charge in [-0.3, -0.25) is 0 Å². The van der Waals surface area contributed by atoms with Gasteiger partial charge in [-0.05, 0) is 42.7 Å². The van der Waals surface area contributed by atoms with Crippen LogP contribution in [-0.4, -0.2) is 16.8 Å². The Hall–Kier alpha value is -4.06. The van der Waals surface area contributed by atoms with Gasteiger partial charge in [0.1, 0.15) is 11.5 Å². The molecule has 4 rings (SSSR count). The molecule has 0 N–H and O–H groups in total. The maximum absolute atomic E-state index is 13.2. The van der Waals surface area contributed by atoms with Gasteiger partial charge in [-0.15, -0.1) is 0 Å². The third-order valence-corrected chi connectivity index (χ3v) is 4.80. The molecule has 0 aliphatic rings. The minimum Gasteiger partial charge on any atom is -0.410 e. The van der Waals surface area contributed by atoms with Crippen molar-refractivity contribution in [2.75, 3.05) is 0 Å². The Bertz CT molecular complexity index is 1230. The predicted molar refractivity (Wildman–Crippen MR) is 121 cm³/mol. The number of nitrogens with zero attached hydrogens (tertiary/aromatic N) is 1. The highest BCUT2D eigenvalue weighted by Crippen LogP contribution is 2.35. The van der Waals surface area contributed by atoms with E-state index >= 15 is 0 Å². The van der Waals surface area contributed by atoms with Gasteiger partial charge in [0, 0.05) is 10.9 Å². The SMILES string of the molecule is CC(C)Cc1c(OC(=O)Oc2ccccc2)n(C(=O)Oc2ccccc2)c2ccccc12. The Morgan fingerprint density at radius 1 is 0.750 bits per heavy atom. The maximum atomic E-state index is 13.2.